The summed E-state index contributed by atoms with van der Waals surface area (Å²) >= 11 is 0. The number of carbonyl (C=O) groups is 3. The zero-order valence-electron chi connectivity index (χ0n) is 14.2. The van der Waals surface area contributed by atoms with Gasteiger partial charge in [0.15, 0.2) is 6.10 Å². The van der Waals surface area contributed by atoms with Crippen LogP contribution in [0.5, 0.6) is 0 Å². The molecule has 25 heavy (non-hydrogen) atoms. The zero-order chi connectivity index (χ0) is 18.4. The molecular weight excluding hydrogens is 324 g/mol. The zero-order valence-corrected chi connectivity index (χ0v) is 14.2. The van der Waals surface area contributed by atoms with Crippen molar-refractivity contribution >= 4 is 17.9 Å². The van der Waals surface area contributed by atoms with Crippen molar-refractivity contribution < 1.29 is 28.6 Å². The lowest BCUT2D eigenvalue weighted by molar-refractivity contribution is -0.201. The van der Waals surface area contributed by atoms with Gasteiger partial charge in [-0.25, -0.2) is 14.4 Å². The van der Waals surface area contributed by atoms with Gasteiger partial charge in [0, 0.05) is 24.1 Å². The van der Waals surface area contributed by atoms with Gasteiger partial charge < -0.3 is 14.2 Å². The fraction of sp³-hybridized carbons (Fsp3) is 0.526. The highest BCUT2D eigenvalue weighted by Gasteiger charge is 2.50. The Morgan fingerprint density at radius 3 is 1.88 bits per heavy atom. The fourth-order valence-electron chi connectivity index (χ4n) is 3.82. The standard InChI is InChI=1S/C19H24O6/c1-4-15(20)23-14-11-12-9-7-8-10-13(12)18(24-16(21)5-2)19(14)25-17(22)6-3/h4-6,12-14,18-19H,1-3,7-11H2. The van der Waals surface area contributed by atoms with Gasteiger partial charge in [-0.1, -0.05) is 32.6 Å². The SMILES string of the molecule is C=CC(=O)OC1CC2CCCCC2C(OC(=O)C=C)C1OC(=O)C=C. The topological polar surface area (TPSA) is 78.9 Å². The highest BCUT2D eigenvalue weighted by atomic mass is 16.6. The van der Waals surface area contributed by atoms with E-state index >= 15 is 0 Å². The van der Waals surface area contributed by atoms with E-state index in [2.05, 4.69) is 19.7 Å². The van der Waals surface area contributed by atoms with E-state index in [1.54, 1.807) is 0 Å². The van der Waals surface area contributed by atoms with E-state index in [9.17, 15) is 14.4 Å². The van der Waals surface area contributed by atoms with Gasteiger partial charge in [-0.3, -0.25) is 0 Å². The molecule has 0 aromatic heterocycles. The first-order valence-electron chi connectivity index (χ1n) is 8.49. The van der Waals surface area contributed by atoms with Crippen molar-refractivity contribution in [2.45, 2.75) is 50.4 Å². The summed E-state index contributed by atoms with van der Waals surface area (Å²) in [5, 5.41) is 0. The molecule has 2 saturated carbocycles. The number of ether oxygens (including phenoxy) is 3. The van der Waals surface area contributed by atoms with E-state index < -0.39 is 36.2 Å². The molecule has 0 heterocycles. The van der Waals surface area contributed by atoms with Gasteiger partial charge in [0.25, 0.3) is 0 Å². The first-order chi connectivity index (χ1) is 12.0. The second-order valence-electron chi connectivity index (χ2n) is 6.33. The molecule has 0 aliphatic heterocycles. The maximum Gasteiger partial charge on any atom is 0.330 e. The molecule has 0 N–H and O–H groups in total. The Balaban J connectivity index is 2.32. The van der Waals surface area contributed by atoms with E-state index in [0.29, 0.717) is 6.42 Å². The van der Waals surface area contributed by atoms with Crippen LogP contribution in [0.4, 0.5) is 0 Å². The molecule has 0 radical (unpaired) electrons. The van der Waals surface area contributed by atoms with Crippen molar-refractivity contribution in [3.8, 4) is 0 Å². The minimum absolute atomic E-state index is 0.0546. The monoisotopic (exact) mass is 348 g/mol. The Hall–Kier alpha value is -2.37. The smallest absolute Gasteiger partial charge is 0.330 e. The minimum Gasteiger partial charge on any atom is -0.455 e. The number of esters is 3. The number of hydrogen-bond donors (Lipinski definition) is 0. The Kier molecular flexibility index (Phi) is 6.56. The molecule has 0 amide bonds. The normalized spacial score (nSPS) is 31.0. The average Bonchev–Trinajstić information content (AvgIpc) is 2.63. The number of carbonyl (C=O) groups excluding carboxylic acids is 3. The number of rotatable bonds is 6. The van der Waals surface area contributed by atoms with Gasteiger partial charge in [0.1, 0.15) is 12.2 Å². The summed E-state index contributed by atoms with van der Waals surface area (Å²) < 4.78 is 16.4. The van der Waals surface area contributed by atoms with Crippen LogP contribution in [-0.2, 0) is 28.6 Å². The molecule has 0 aromatic rings. The van der Waals surface area contributed by atoms with Gasteiger partial charge in [0.05, 0.1) is 0 Å². The number of hydrogen-bond acceptors (Lipinski definition) is 6. The molecule has 6 heteroatoms. The van der Waals surface area contributed by atoms with Gasteiger partial charge in [-0.05, 0) is 25.2 Å². The van der Waals surface area contributed by atoms with Crippen LogP contribution in [0.3, 0.4) is 0 Å². The van der Waals surface area contributed by atoms with E-state index in [1.807, 2.05) is 0 Å². The minimum atomic E-state index is -0.877. The largest absolute Gasteiger partial charge is 0.455 e. The van der Waals surface area contributed by atoms with E-state index in [-0.39, 0.29) is 11.8 Å². The summed E-state index contributed by atoms with van der Waals surface area (Å²) in [6.45, 7) is 10.2. The molecule has 5 unspecified atom stereocenters. The molecule has 5 atom stereocenters. The van der Waals surface area contributed by atoms with Crippen molar-refractivity contribution in [2.75, 3.05) is 0 Å². The summed E-state index contributed by atoms with van der Waals surface area (Å²) in [7, 11) is 0. The molecule has 0 bridgehead atoms. The summed E-state index contributed by atoms with van der Waals surface area (Å²) in [6.07, 6.45) is 5.37. The van der Waals surface area contributed by atoms with Crippen molar-refractivity contribution in [2.24, 2.45) is 11.8 Å². The molecule has 0 spiro atoms. The van der Waals surface area contributed by atoms with E-state index in [0.717, 1.165) is 43.9 Å². The van der Waals surface area contributed by atoms with E-state index in [1.165, 1.54) is 0 Å². The van der Waals surface area contributed by atoms with Crippen LogP contribution in [-0.4, -0.2) is 36.2 Å². The number of fused-ring (bicyclic) bond motifs is 1. The van der Waals surface area contributed by atoms with Crippen LogP contribution in [0.1, 0.15) is 32.1 Å². The molecular formula is C19H24O6. The summed E-state index contributed by atoms with van der Waals surface area (Å²) in [4.78, 5) is 35.3. The maximum absolute atomic E-state index is 11.8. The third-order valence-electron chi connectivity index (χ3n) is 4.89. The lowest BCUT2D eigenvalue weighted by atomic mass is 9.67. The lowest BCUT2D eigenvalue weighted by Gasteiger charge is -2.46. The quantitative estimate of drug-likeness (QED) is 0.417. The fourth-order valence-corrected chi connectivity index (χ4v) is 3.82. The molecule has 0 aromatic carbocycles. The summed E-state index contributed by atoms with van der Waals surface area (Å²) in [5.41, 5.74) is 0. The molecule has 0 saturated heterocycles. The van der Waals surface area contributed by atoms with Crippen LogP contribution >= 0.6 is 0 Å². The van der Waals surface area contributed by atoms with Crippen molar-refractivity contribution in [3.63, 3.8) is 0 Å². The molecule has 2 rings (SSSR count). The Labute approximate surface area is 147 Å². The first-order valence-corrected chi connectivity index (χ1v) is 8.49. The third kappa shape index (κ3) is 4.59. The molecule has 6 nitrogen and oxygen atoms in total. The van der Waals surface area contributed by atoms with Gasteiger partial charge in [-0.15, -0.1) is 0 Å². The average molecular weight is 348 g/mol. The molecule has 2 aliphatic carbocycles. The van der Waals surface area contributed by atoms with Gasteiger partial charge in [0.2, 0.25) is 0 Å². The summed E-state index contributed by atoms with van der Waals surface area (Å²) in [5.74, 6) is -1.56. The second-order valence-corrected chi connectivity index (χ2v) is 6.33. The second kappa shape index (κ2) is 8.65. The molecule has 2 aliphatic rings. The predicted octanol–water partition coefficient (Wildman–Crippen LogP) is 2.49. The van der Waals surface area contributed by atoms with Crippen LogP contribution in [0, 0.1) is 11.8 Å². The summed E-state index contributed by atoms with van der Waals surface area (Å²) in [6, 6.07) is 0. The van der Waals surface area contributed by atoms with E-state index in [4.69, 9.17) is 14.2 Å². The molecule has 2 fully saturated rings. The van der Waals surface area contributed by atoms with Crippen LogP contribution < -0.4 is 0 Å². The van der Waals surface area contributed by atoms with Crippen molar-refractivity contribution in [1.82, 2.24) is 0 Å². The predicted molar refractivity (Wildman–Crippen MR) is 90.3 cm³/mol. The van der Waals surface area contributed by atoms with Crippen molar-refractivity contribution in [1.29, 1.82) is 0 Å². The van der Waals surface area contributed by atoms with Crippen LogP contribution in [0.2, 0.25) is 0 Å². The third-order valence-corrected chi connectivity index (χ3v) is 4.89. The Morgan fingerprint density at radius 2 is 1.28 bits per heavy atom. The van der Waals surface area contributed by atoms with Gasteiger partial charge in [-0.2, -0.15) is 0 Å². The Bertz CT molecular complexity index is 566. The highest BCUT2D eigenvalue weighted by molar-refractivity contribution is 5.83. The Morgan fingerprint density at radius 1 is 0.760 bits per heavy atom. The highest BCUT2D eigenvalue weighted by Crippen LogP contribution is 2.44. The maximum atomic E-state index is 11.8. The van der Waals surface area contributed by atoms with Crippen LogP contribution in [0.25, 0.3) is 0 Å². The van der Waals surface area contributed by atoms with Crippen LogP contribution in [0.15, 0.2) is 38.0 Å². The molecule has 136 valence electrons. The first kappa shape index (κ1) is 19.0. The van der Waals surface area contributed by atoms with Gasteiger partial charge >= 0.3 is 17.9 Å². The van der Waals surface area contributed by atoms with Crippen molar-refractivity contribution in [3.05, 3.63) is 38.0 Å². The lowest BCUT2D eigenvalue weighted by Crippen LogP contribution is -2.55.